The van der Waals surface area contributed by atoms with Gasteiger partial charge in [-0.2, -0.15) is 12.7 Å². The molecule has 0 unspecified atom stereocenters. The topological polar surface area (TPSA) is 40.4 Å². The van der Waals surface area contributed by atoms with Crippen molar-refractivity contribution in [2.45, 2.75) is 4.90 Å². The van der Waals surface area contributed by atoms with E-state index in [0.717, 1.165) is 4.90 Å². The maximum Gasteiger partial charge on any atom is 0.303 e. The smallest absolute Gasteiger partial charge is 0.261 e. The van der Waals surface area contributed by atoms with Crippen LogP contribution < -0.4 is 4.31 Å². The standard InChI is InChI=1S/C10H14N2O2S2/c1-11(16(13,14)12-7-8-12)9-3-5-10(15-2)6-4-9/h3-6H,7-8H2,1-2H3. The zero-order valence-corrected chi connectivity index (χ0v) is 10.9. The van der Waals surface area contributed by atoms with Crippen LogP contribution in [0.1, 0.15) is 0 Å². The molecule has 1 saturated heterocycles. The normalized spacial score (nSPS) is 16.1. The Morgan fingerprint density at radius 3 is 2.25 bits per heavy atom. The molecule has 0 amide bonds. The second-order valence-electron chi connectivity index (χ2n) is 3.57. The molecule has 0 N–H and O–H groups in total. The zero-order valence-electron chi connectivity index (χ0n) is 9.25. The predicted molar refractivity (Wildman–Crippen MR) is 67.1 cm³/mol. The summed E-state index contributed by atoms with van der Waals surface area (Å²) in [4.78, 5) is 1.13. The van der Waals surface area contributed by atoms with Crippen molar-refractivity contribution in [1.82, 2.24) is 4.31 Å². The maximum atomic E-state index is 11.9. The Bertz CT molecular complexity index is 466. The minimum atomic E-state index is -3.28. The molecule has 1 aromatic rings. The molecule has 0 aliphatic carbocycles. The van der Waals surface area contributed by atoms with Gasteiger partial charge < -0.3 is 0 Å². The second kappa shape index (κ2) is 4.27. The van der Waals surface area contributed by atoms with Crippen LogP contribution in [0, 0.1) is 0 Å². The summed E-state index contributed by atoms with van der Waals surface area (Å²) in [5.41, 5.74) is 0.699. The van der Waals surface area contributed by atoms with Gasteiger partial charge >= 0.3 is 10.2 Å². The van der Waals surface area contributed by atoms with Gasteiger partial charge in [-0.15, -0.1) is 11.8 Å². The minimum absolute atomic E-state index is 0.634. The highest BCUT2D eigenvalue weighted by atomic mass is 32.2. The molecule has 6 heteroatoms. The van der Waals surface area contributed by atoms with Crippen molar-refractivity contribution in [2.24, 2.45) is 0 Å². The summed E-state index contributed by atoms with van der Waals surface area (Å²) in [6.45, 7) is 1.27. The largest absolute Gasteiger partial charge is 0.303 e. The molecule has 4 nitrogen and oxygen atoms in total. The van der Waals surface area contributed by atoms with Crippen molar-refractivity contribution < 1.29 is 8.42 Å². The van der Waals surface area contributed by atoms with Crippen LogP contribution in [0.2, 0.25) is 0 Å². The maximum absolute atomic E-state index is 11.9. The van der Waals surface area contributed by atoms with Crippen LogP contribution in [0.15, 0.2) is 29.2 Å². The number of anilines is 1. The van der Waals surface area contributed by atoms with E-state index >= 15 is 0 Å². The molecule has 1 aliphatic heterocycles. The third-order valence-electron chi connectivity index (χ3n) is 2.51. The Labute approximate surface area is 100 Å². The molecule has 0 saturated carbocycles. The fourth-order valence-electron chi connectivity index (χ4n) is 1.37. The minimum Gasteiger partial charge on any atom is -0.261 e. The van der Waals surface area contributed by atoms with Crippen molar-refractivity contribution in [1.29, 1.82) is 0 Å². The lowest BCUT2D eigenvalue weighted by Crippen LogP contribution is -2.32. The highest BCUT2D eigenvalue weighted by Gasteiger charge is 2.35. The van der Waals surface area contributed by atoms with Gasteiger partial charge in [0.15, 0.2) is 0 Å². The van der Waals surface area contributed by atoms with Gasteiger partial charge in [-0.1, -0.05) is 0 Å². The van der Waals surface area contributed by atoms with Crippen LogP contribution in [0.5, 0.6) is 0 Å². The first kappa shape index (κ1) is 11.8. The summed E-state index contributed by atoms with van der Waals surface area (Å²) in [6.07, 6.45) is 1.99. The van der Waals surface area contributed by atoms with E-state index in [1.165, 1.54) is 8.61 Å². The van der Waals surface area contributed by atoms with Crippen LogP contribution in [0.3, 0.4) is 0 Å². The molecule has 1 aromatic carbocycles. The van der Waals surface area contributed by atoms with E-state index in [9.17, 15) is 8.42 Å². The van der Waals surface area contributed by atoms with Crippen LogP contribution in [-0.4, -0.2) is 39.1 Å². The van der Waals surface area contributed by atoms with Gasteiger partial charge in [-0.05, 0) is 30.5 Å². The summed E-state index contributed by atoms with van der Waals surface area (Å²) in [5, 5.41) is 0. The van der Waals surface area contributed by atoms with Crippen molar-refractivity contribution in [3.05, 3.63) is 24.3 Å². The Hall–Kier alpha value is -0.720. The highest BCUT2D eigenvalue weighted by molar-refractivity contribution is 7.98. The molecule has 1 aliphatic rings. The SMILES string of the molecule is CSc1ccc(N(C)S(=O)(=O)N2CC2)cc1. The lowest BCUT2D eigenvalue weighted by atomic mass is 10.3. The predicted octanol–water partition coefficient (Wildman–Crippen LogP) is 1.41. The van der Waals surface area contributed by atoms with Crippen LogP contribution >= 0.6 is 11.8 Å². The molecule has 2 rings (SSSR count). The quantitative estimate of drug-likeness (QED) is 0.605. The first-order chi connectivity index (χ1) is 7.55. The first-order valence-electron chi connectivity index (χ1n) is 4.94. The van der Waals surface area contributed by atoms with Crippen LogP contribution in [0.25, 0.3) is 0 Å². The fourth-order valence-corrected chi connectivity index (χ4v) is 3.06. The number of hydrogen-bond donors (Lipinski definition) is 0. The van der Waals surface area contributed by atoms with Gasteiger partial charge in [0.2, 0.25) is 0 Å². The summed E-state index contributed by atoms with van der Waals surface area (Å²) >= 11 is 1.64. The highest BCUT2D eigenvalue weighted by Crippen LogP contribution is 2.24. The molecule has 1 fully saturated rings. The first-order valence-corrected chi connectivity index (χ1v) is 7.56. The molecule has 0 spiro atoms. The van der Waals surface area contributed by atoms with E-state index < -0.39 is 10.2 Å². The van der Waals surface area contributed by atoms with E-state index in [-0.39, 0.29) is 0 Å². The number of benzene rings is 1. The van der Waals surface area contributed by atoms with E-state index in [1.807, 2.05) is 30.5 Å². The van der Waals surface area contributed by atoms with Crippen LogP contribution in [0.4, 0.5) is 5.69 Å². The number of hydrogen-bond acceptors (Lipinski definition) is 3. The second-order valence-corrected chi connectivity index (χ2v) is 6.41. The number of nitrogens with zero attached hydrogens (tertiary/aromatic N) is 2. The van der Waals surface area contributed by atoms with Crippen molar-refractivity contribution in [3.63, 3.8) is 0 Å². The Kier molecular flexibility index (Phi) is 3.14. The van der Waals surface area contributed by atoms with Gasteiger partial charge in [0, 0.05) is 25.0 Å². The van der Waals surface area contributed by atoms with Gasteiger partial charge in [0.25, 0.3) is 0 Å². The molecular weight excluding hydrogens is 244 g/mol. The average Bonchev–Trinajstić information content (AvgIpc) is 3.12. The van der Waals surface area contributed by atoms with E-state index in [2.05, 4.69) is 0 Å². The Morgan fingerprint density at radius 1 is 1.25 bits per heavy atom. The van der Waals surface area contributed by atoms with Gasteiger partial charge in [-0.3, -0.25) is 4.31 Å². The van der Waals surface area contributed by atoms with E-state index in [0.29, 0.717) is 18.8 Å². The molecule has 0 bridgehead atoms. The third kappa shape index (κ3) is 2.18. The summed E-state index contributed by atoms with van der Waals surface area (Å²) < 4.78 is 26.6. The van der Waals surface area contributed by atoms with Crippen molar-refractivity contribution in [2.75, 3.05) is 30.7 Å². The number of rotatable bonds is 4. The monoisotopic (exact) mass is 258 g/mol. The summed E-state index contributed by atoms with van der Waals surface area (Å²) in [6, 6.07) is 7.50. The Balaban J connectivity index is 2.23. The lowest BCUT2D eigenvalue weighted by Gasteiger charge is -2.19. The van der Waals surface area contributed by atoms with E-state index in [1.54, 1.807) is 18.8 Å². The number of thioether (sulfide) groups is 1. The van der Waals surface area contributed by atoms with Gasteiger partial charge in [0.05, 0.1) is 5.69 Å². The summed E-state index contributed by atoms with van der Waals surface area (Å²) in [7, 11) is -1.69. The summed E-state index contributed by atoms with van der Waals surface area (Å²) in [5.74, 6) is 0. The zero-order chi connectivity index (χ0) is 11.8. The average molecular weight is 258 g/mol. The fraction of sp³-hybridized carbons (Fsp3) is 0.400. The molecule has 0 atom stereocenters. The van der Waals surface area contributed by atoms with Gasteiger partial charge in [-0.25, -0.2) is 0 Å². The van der Waals surface area contributed by atoms with Crippen molar-refractivity contribution in [3.8, 4) is 0 Å². The molecular formula is C10H14N2O2S2. The molecule has 0 radical (unpaired) electrons. The third-order valence-corrected chi connectivity index (χ3v) is 5.18. The Morgan fingerprint density at radius 2 is 1.81 bits per heavy atom. The lowest BCUT2D eigenvalue weighted by molar-refractivity contribution is 0.561. The van der Waals surface area contributed by atoms with E-state index in [4.69, 9.17) is 0 Å². The molecule has 1 heterocycles. The molecule has 0 aromatic heterocycles. The molecule has 88 valence electrons. The van der Waals surface area contributed by atoms with Gasteiger partial charge in [0.1, 0.15) is 0 Å². The van der Waals surface area contributed by atoms with Crippen LogP contribution in [-0.2, 0) is 10.2 Å². The molecule has 16 heavy (non-hydrogen) atoms. The van der Waals surface area contributed by atoms with Crippen molar-refractivity contribution >= 4 is 27.7 Å².